The summed E-state index contributed by atoms with van der Waals surface area (Å²) in [4.78, 5) is 12.8. The number of hydrogen-bond donors (Lipinski definition) is 1. The van der Waals surface area contributed by atoms with Crippen LogP contribution in [0.15, 0.2) is 42.5 Å². The molecule has 0 saturated carbocycles. The fourth-order valence-electron chi connectivity index (χ4n) is 3.39. The molecular weight excluding hydrogens is 360 g/mol. The van der Waals surface area contributed by atoms with Crippen LogP contribution in [0.3, 0.4) is 0 Å². The zero-order valence-electron chi connectivity index (χ0n) is 16.0. The summed E-state index contributed by atoms with van der Waals surface area (Å²) in [5.74, 6) is 0.206. The average molecular weight is 387 g/mol. The Morgan fingerprint density at radius 2 is 1.85 bits per heavy atom. The number of benzene rings is 2. The van der Waals surface area contributed by atoms with E-state index >= 15 is 0 Å². The molecule has 0 radical (unpaired) electrons. The van der Waals surface area contributed by atoms with Crippen LogP contribution < -0.4 is 9.62 Å². The number of sulfonamides is 1. The van der Waals surface area contributed by atoms with Crippen LogP contribution in [-0.4, -0.2) is 26.6 Å². The number of nitrogens with one attached hydrogen (secondary N) is 1. The van der Waals surface area contributed by atoms with Gasteiger partial charge in [0.15, 0.2) is 0 Å². The van der Waals surface area contributed by atoms with E-state index < -0.39 is 10.0 Å². The highest BCUT2D eigenvalue weighted by atomic mass is 32.2. The Bertz CT molecular complexity index is 952. The lowest BCUT2D eigenvalue weighted by atomic mass is 10.0. The number of aryl methyl sites for hydroxylation is 1. The number of rotatable bonds is 4. The Balaban J connectivity index is 1.91. The number of carbonyl (C=O) groups is 1. The number of anilines is 2. The predicted octanol–water partition coefficient (Wildman–Crippen LogP) is 4.30. The average Bonchev–Trinajstić information content (AvgIpc) is 2.62. The minimum atomic E-state index is -3.32. The SMILES string of the molecule is Cc1ccc(C(=O)Nc2ccccc2C(C)C)cc1N1CCCCS1(=O)=O. The van der Waals surface area contributed by atoms with Crippen molar-refractivity contribution < 1.29 is 13.2 Å². The molecule has 0 atom stereocenters. The monoisotopic (exact) mass is 386 g/mol. The Hall–Kier alpha value is -2.34. The molecule has 1 aliphatic rings. The van der Waals surface area contributed by atoms with Crippen molar-refractivity contribution in [3.05, 3.63) is 59.2 Å². The fraction of sp³-hybridized carbons (Fsp3) is 0.381. The van der Waals surface area contributed by atoms with Gasteiger partial charge in [0.05, 0.1) is 11.4 Å². The first-order valence-electron chi connectivity index (χ1n) is 9.31. The molecule has 1 N–H and O–H groups in total. The molecule has 144 valence electrons. The first-order valence-corrected chi connectivity index (χ1v) is 10.9. The summed E-state index contributed by atoms with van der Waals surface area (Å²) in [7, 11) is -3.32. The van der Waals surface area contributed by atoms with E-state index in [2.05, 4.69) is 19.2 Å². The molecule has 3 rings (SSSR count). The van der Waals surface area contributed by atoms with Crippen molar-refractivity contribution in [2.24, 2.45) is 0 Å². The number of nitrogens with zero attached hydrogens (tertiary/aromatic N) is 1. The summed E-state index contributed by atoms with van der Waals surface area (Å²) in [6, 6.07) is 13.0. The van der Waals surface area contributed by atoms with E-state index in [9.17, 15) is 13.2 Å². The van der Waals surface area contributed by atoms with Crippen molar-refractivity contribution in [2.45, 2.75) is 39.5 Å². The van der Waals surface area contributed by atoms with E-state index in [1.807, 2.05) is 37.3 Å². The first kappa shape index (κ1) is 19.4. The zero-order valence-corrected chi connectivity index (χ0v) is 16.8. The number of amides is 1. The maximum atomic E-state index is 12.8. The van der Waals surface area contributed by atoms with Crippen LogP contribution in [0.2, 0.25) is 0 Å². The molecule has 0 aliphatic carbocycles. The fourth-order valence-corrected chi connectivity index (χ4v) is 5.08. The lowest BCUT2D eigenvalue weighted by Gasteiger charge is -2.29. The molecule has 1 heterocycles. The van der Waals surface area contributed by atoms with Gasteiger partial charge in [0.2, 0.25) is 10.0 Å². The van der Waals surface area contributed by atoms with Gasteiger partial charge in [0.1, 0.15) is 0 Å². The third-order valence-corrected chi connectivity index (χ3v) is 6.78. The quantitative estimate of drug-likeness (QED) is 0.852. The van der Waals surface area contributed by atoms with Crippen LogP contribution in [0.1, 0.15) is 54.1 Å². The van der Waals surface area contributed by atoms with Gasteiger partial charge in [0, 0.05) is 17.8 Å². The van der Waals surface area contributed by atoms with Crippen LogP contribution in [-0.2, 0) is 10.0 Å². The van der Waals surface area contributed by atoms with Crippen molar-refractivity contribution in [1.29, 1.82) is 0 Å². The largest absolute Gasteiger partial charge is 0.322 e. The molecule has 27 heavy (non-hydrogen) atoms. The maximum Gasteiger partial charge on any atom is 0.255 e. The highest BCUT2D eigenvalue weighted by Crippen LogP contribution is 2.29. The van der Waals surface area contributed by atoms with E-state index in [1.54, 1.807) is 12.1 Å². The summed E-state index contributed by atoms with van der Waals surface area (Å²) in [6.07, 6.45) is 1.51. The van der Waals surface area contributed by atoms with Crippen molar-refractivity contribution in [2.75, 3.05) is 21.9 Å². The molecule has 1 saturated heterocycles. The topological polar surface area (TPSA) is 66.5 Å². The summed E-state index contributed by atoms with van der Waals surface area (Å²) in [5.41, 5.74) is 3.75. The normalized spacial score (nSPS) is 16.4. The van der Waals surface area contributed by atoms with Crippen molar-refractivity contribution in [3.8, 4) is 0 Å². The van der Waals surface area contributed by atoms with Crippen LogP contribution in [0, 0.1) is 6.92 Å². The molecular formula is C21H26N2O3S. The molecule has 1 amide bonds. The molecule has 1 fully saturated rings. The second-order valence-corrected chi connectivity index (χ2v) is 9.31. The van der Waals surface area contributed by atoms with E-state index in [0.29, 0.717) is 24.2 Å². The molecule has 0 bridgehead atoms. The van der Waals surface area contributed by atoms with Gasteiger partial charge in [-0.3, -0.25) is 9.10 Å². The van der Waals surface area contributed by atoms with Gasteiger partial charge in [-0.05, 0) is 55.0 Å². The van der Waals surface area contributed by atoms with Crippen LogP contribution >= 0.6 is 0 Å². The molecule has 2 aromatic rings. The first-order chi connectivity index (χ1) is 12.8. The van der Waals surface area contributed by atoms with Gasteiger partial charge in [0.25, 0.3) is 5.91 Å². The predicted molar refractivity (Wildman–Crippen MR) is 110 cm³/mol. The van der Waals surface area contributed by atoms with Crippen LogP contribution in [0.5, 0.6) is 0 Å². The third kappa shape index (κ3) is 4.16. The summed E-state index contributed by atoms with van der Waals surface area (Å²) in [6.45, 7) is 6.49. The lowest BCUT2D eigenvalue weighted by molar-refractivity contribution is 0.102. The number of hydrogen-bond acceptors (Lipinski definition) is 3. The van der Waals surface area contributed by atoms with Gasteiger partial charge >= 0.3 is 0 Å². The van der Waals surface area contributed by atoms with Crippen LogP contribution in [0.25, 0.3) is 0 Å². The molecule has 6 heteroatoms. The molecule has 2 aromatic carbocycles. The maximum absolute atomic E-state index is 12.8. The third-order valence-electron chi connectivity index (χ3n) is 4.92. The molecule has 5 nitrogen and oxygen atoms in total. The van der Waals surface area contributed by atoms with Crippen molar-refractivity contribution in [1.82, 2.24) is 0 Å². The standard InChI is InChI=1S/C21H26N2O3S/c1-15(2)18-8-4-5-9-19(18)22-21(24)17-11-10-16(3)20(14-17)23-12-6-7-13-27(23,25)26/h4-5,8-11,14-15H,6-7,12-13H2,1-3H3,(H,22,24). The van der Waals surface area contributed by atoms with Gasteiger partial charge in [-0.15, -0.1) is 0 Å². The molecule has 0 unspecified atom stereocenters. The van der Waals surface area contributed by atoms with E-state index in [-0.39, 0.29) is 17.6 Å². The van der Waals surface area contributed by atoms with Gasteiger partial charge < -0.3 is 5.32 Å². The smallest absolute Gasteiger partial charge is 0.255 e. The van der Waals surface area contributed by atoms with Crippen molar-refractivity contribution in [3.63, 3.8) is 0 Å². The van der Waals surface area contributed by atoms with Gasteiger partial charge in [-0.2, -0.15) is 0 Å². The van der Waals surface area contributed by atoms with Gasteiger partial charge in [-0.25, -0.2) is 8.42 Å². The van der Waals surface area contributed by atoms with E-state index in [0.717, 1.165) is 23.2 Å². The summed E-state index contributed by atoms with van der Waals surface area (Å²) in [5, 5.41) is 2.97. The Labute approximate surface area is 161 Å². The summed E-state index contributed by atoms with van der Waals surface area (Å²) < 4.78 is 26.4. The second kappa shape index (κ2) is 7.72. The zero-order chi connectivity index (χ0) is 19.6. The molecule has 1 aliphatic heterocycles. The Morgan fingerprint density at radius 1 is 1.11 bits per heavy atom. The molecule has 0 aromatic heterocycles. The number of carbonyl (C=O) groups excluding carboxylic acids is 1. The highest BCUT2D eigenvalue weighted by molar-refractivity contribution is 7.92. The minimum Gasteiger partial charge on any atom is -0.322 e. The second-order valence-electron chi connectivity index (χ2n) is 7.29. The lowest BCUT2D eigenvalue weighted by Crippen LogP contribution is -2.38. The Kier molecular flexibility index (Phi) is 5.56. The Morgan fingerprint density at radius 3 is 2.56 bits per heavy atom. The minimum absolute atomic E-state index is 0.157. The van der Waals surface area contributed by atoms with E-state index in [4.69, 9.17) is 0 Å². The molecule has 0 spiro atoms. The van der Waals surface area contributed by atoms with Crippen molar-refractivity contribution >= 4 is 27.3 Å². The van der Waals surface area contributed by atoms with Gasteiger partial charge in [-0.1, -0.05) is 38.1 Å². The summed E-state index contributed by atoms with van der Waals surface area (Å²) >= 11 is 0. The van der Waals surface area contributed by atoms with E-state index in [1.165, 1.54) is 4.31 Å². The number of para-hydroxylation sites is 1. The van der Waals surface area contributed by atoms with Crippen LogP contribution in [0.4, 0.5) is 11.4 Å². The highest BCUT2D eigenvalue weighted by Gasteiger charge is 2.27.